The quantitative estimate of drug-likeness (QED) is 0.896. The first-order valence-corrected chi connectivity index (χ1v) is 8.41. The lowest BCUT2D eigenvalue weighted by molar-refractivity contribution is -0.154. The fourth-order valence-electron chi connectivity index (χ4n) is 4.00. The Morgan fingerprint density at radius 3 is 2.59 bits per heavy atom. The largest absolute Gasteiger partial charge is 0.444 e. The van der Waals surface area contributed by atoms with Gasteiger partial charge in [-0.3, -0.25) is 4.79 Å². The van der Waals surface area contributed by atoms with E-state index in [1.165, 1.54) is 19.3 Å². The summed E-state index contributed by atoms with van der Waals surface area (Å²) in [6, 6.07) is 0. The summed E-state index contributed by atoms with van der Waals surface area (Å²) in [5.74, 6) is 1.69. The molecule has 1 aromatic heterocycles. The summed E-state index contributed by atoms with van der Waals surface area (Å²) in [7, 11) is 0. The van der Waals surface area contributed by atoms with Crippen LogP contribution in [0.4, 0.5) is 0 Å². The van der Waals surface area contributed by atoms with Crippen molar-refractivity contribution in [2.75, 3.05) is 0 Å². The third-order valence-corrected chi connectivity index (χ3v) is 5.36. The molecule has 2 fully saturated rings. The Hall–Kier alpha value is -1.36. The minimum absolute atomic E-state index is 0.0222. The normalized spacial score (nSPS) is 29.1. The molecule has 5 heteroatoms. The second-order valence-electron chi connectivity index (χ2n) is 7.00. The molecular weight excluding hydrogens is 280 g/mol. The Kier molecular flexibility index (Phi) is 4.26. The number of hydrogen-bond donors (Lipinski definition) is 2. The molecule has 1 aromatic rings. The van der Waals surface area contributed by atoms with E-state index in [4.69, 9.17) is 4.42 Å². The highest BCUT2D eigenvalue weighted by molar-refractivity contribution is 5.79. The fraction of sp³-hybridized carbons (Fsp3) is 0.765. The van der Waals surface area contributed by atoms with E-state index in [0.29, 0.717) is 37.0 Å². The van der Waals surface area contributed by atoms with Crippen LogP contribution in [0.1, 0.15) is 62.3 Å². The average molecular weight is 306 g/mol. The van der Waals surface area contributed by atoms with E-state index >= 15 is 0 Å². The van der Waals surface area contributed by atoms with E-state index in [1.54, 1.807) is 6.92 Å². The minimum Gasteiger partial charge on any atom is -0.444 e. The van der Waals surface area contributed by atoms with Crippen molar-refractivity contribution in [3.05, 3.63) is 17.3 Å². The maximum absolute atomic E-state index is 12.2. The SMILES string of the molecule is Cc1nc(C)c(CNC(=O)C2CC(O)(C3CCCCC3)C2)o1. The van der Waals surface area contributed by atoms with E-state index in [1.807, 2.05) is 6.92 Å². The number of oxazole rings is 1. The number of aromatic nitrogens is 1. The van der Waals surface area contributed by atoms with E-state index in [-0.39, 0.29) is 11.8 Å². The summed E-state index contributed by atoms with van der Waals surface area (Å²) < 4.78 is 5.46. The average Bonchev–Trinajstić information content (AvgIpc) is 2.80. The Bertz CT molecular complexity index is 540. The van der Waals surface area contributed by atoms with Gasteiger partial charge in [-0.15, -0.1) is 0 Å². The topological polar surface area (TPSA) is 75.4 Å². The van der Waals surface area contributed by atoms with Gasteiger partial charge in [-0.05, 0) is 38.5 Å². The number of carbonyl (C=O) groups excluding carboxylic acids is 1. The predicted molar refractivity (Wildman–Crippen MR) is 82.1 cm³/mol. The van der Waals surface area contributed by atoms with Crippen LogP contribution in [0.5, 0.6) is 0 Å². The zero-order chi connectivity index (χ0) is 15.7. The van der Waals surface area contributed by atoms with Crippen LogP contribution in [-0.4, -0.2) is 21.6 Å². The van der Waals surface area contributed by atoms with Crippen molar-refractivity contribution >= 4 is 5.91 Å². The summed E-state index contributed by atoms with van der Waals surface area (Å²) in [6.07, 6.45) is 7.16. The van der Waals surface area contributed by atoms with Gasteiger partial charge in [0.1, 0.15) is 5.76 Å². The number of amides is 1. The van der Waals surface area contributed by atoms with E-state index in [0.717, 1.165) is 18.5 Å². The highest BCUT2D eigenvalue weighted by Crippen LogP contribution is 2.48. The summed E-state index contributed by atoms with van der Waals surface area (Å²) in [5.41, 5.74) is 0.228. The Labute approximate surface area is 131 Å². The lowest BCUT2D eigenvalue weighted by atomic mass is 9.61. The number of aryl methyl sites for hydroxylation is 2. The van der Waals surface area contributed by atoms with Crippen LogP contribution >= 0.6 is 0 Å². The van der Waals surface area contributed by atoms with Crippen LogP contribution in [0.25, 0.3) is 0 Å². The second kappa shape index (κ2) is 6.03. The lowest BCUT2D eigenvalue weighted by Crippen LogP contribution is -2.54. The second-order valence-corrected chi connectivity index (χ2v) is 7.00. The summed E-state index contributed by atoms with van der Waals surface area (Å²) in [4.78, 5) is 16.4. The Morgan fingerprint density at radius 1 is 1.32 bits per heavy atom. The fourth-order valence-corrected chi connectivity index (χ4v) is 4.00. The van der Waals surface area contributed by atoms with Gasteiger partial charge < -0.3 is 14.8 Å². The Morgan fingerprint density at radius 2 is 2.00 bits per heavy atom. The lowest BCUT2D eigenvalue weighted by Gasteiger charge is -2.49. The van der Waals surface area contributed by atoms with Gasteiger partial charge in [-0.1, -0.05) is 19.3 Å². The molecule has 1 amide bonds. The van der Waals surface area contributed by atoms with Gasteiger partial charge in [0.25, 0.3) is 0 Å². The van der Waals surface area contributed by atoms with Crippen LogP contribution in [-0.2, 0) is 11.3 Å². The number of hydrogen-bond acceptors (Lipinski definition) is 4. The number of carbonyl (C=O) groups is 1. The molecule has 2 saturated carbocycles. The number of rotatable bonds is 4. The van der Waals surface area contributed by atoms with Crippen LogP contribution in [0.2, 0.25) is 0 Å². The molecule has 0 bridgehead atoms. The van der Waals surface area contributed by atoms with E-state index < -0.39 is 5.60 Å². The van der Waals surface area contributed by atoms with E-state index in [2.05, 4.69) is 10.3 Å². The van der Waals surface area contributed by atoms with E-state index in [9.17, 15) is 9.90 Å². The molecule has 2 N–H and O–H groups in total. The van der Waals surface area contributed by atoms with Gasteiger partial charge >= 0.3 is 0 Å². The molecular formula is C17H26N2O3. The summed E-state index contributed by atoms with van der Waals surface area (Å²) >= 11 is 0. The van der Waals surface area contributed by atoms with Gasteiger partial charge in [0.2, 0.25) is 5.91 Å². The first-order chi connectivity index (χ1) is 10.5. The van der Waals surface area contributed by atoms with Crippen molar-refractivity contribution in [2.45, 2.75) is 70.9 Å². The molecule has 0 unspecified atom stereocenters. The molecule has 2 aliphatic rings. The summed E-state index contributed by atoms with van der Waals surface area (Å²) in [6.45, 7) is 4.06. The van der Waals surface area contributed by atoms with Crippen molar-refractivity contribution < 1.29 is 14.3 Å². The maximum atomic E-state index is 12.2. The van der Waals surface area contributed by atoms with Crippen molar-refractivity contribution in [3.8, 4) is 0 Å². The van der Waals surface area contributed by atoms with Crippen molar-refractivity contribution in [1.29, 1.82) is 0 Å². The van der Waals surface area contributed by atoms with Crippen molar-refractivity contribution in [3.63, 3.8) is 0 Å². The third kappa shape index (κ3) is 3.05. The standard InChI is InChI=1S/C17H26N2O3/c1-11-15(22-12(2)19-11)10-18-16(20)13-8-17(21,9-13)14-6-4-3-5-7-14/h13-14,21H,3-10H2,1-2H3,(H,18,20). The minimum atomic E-state index is -0.596. The van der Waals surface area contributed by atoms with Crippen LogP contribution in [0.15, 0.2) is 4.42 Å². The highest BCUT2D eigenvalue weighted by Gasteiger charge is 2.50. The highest BCUT2D eigenvalue weighted by atomic mass is 16.4. The first-order valence-electron chi connectivity index (χ1n) is 8.41. The van der Waals surface area contributed by atoms with Crippen LogP contribution < -0.4 is 5.32 Å². The summed E-state index contributed by atoms with van der Waals surface area (Å²) in [5, 5.41) is 13.6. The molecule has 122 valence electrons. The molecule has 22 heavy (non-hydrogen) atoms. The smallest absolute Gasteiger partial charge is 0.223 e. The molecule has 3 rings (SSSR count). The number of nitrogens with one attached hydrogen (secondary N) is 1. The molecule has 0 spiro atoms. The molecule has 5 nitrogen and oxygen atoms in total. The van der Waals surface area contributed by atoms with Gasteiger partial charge in [-0.25, -0.2) is 4.98 Å². The van der Waals surface area contributed by atoms with Crippen LogP contribution in [0, 0.1) is 25.7 Å². The maximum Gasteiger partial charge on any atom is 0.223 e. The molecule has 0 aliphatic heterocycles. The molecule has 0 radical (unpaired) electrons. The third-order valence-electron chi connectivity index (χ3n) is 5.36. The number of nitrogens with zero attached hydrogens (tertiary/aromatic N) is 1. The van der Waals surface area contributed by atoms with Crippen molar-refractivity contribution in [1.82, 2.24) is 10.3 Å². The van der Waals surface area contributed by atoms with Crippen LogP contribution in [0.3, 0.4) is 0 Å². The van der Waals surface area contributed by atoms with Gasteiger partial charge in [-0.2, -0.15) is 0 Å². The zero-order valence-corrected chi connectivity index (χ0v) is 13.5. The predicted octanol–water partition coefficient (Wildman–Crippen LogP) is 2.63. The zero-order valence-electron chi connectivity index (χ0n) is 13.5. The van der Waals surface area contributed by atoms with Gasteiger partial charge in [0, 0.05) is 12.8 Å². The molecule has 0 saturated heterocycles. The molecule has 0 atom stereocenters. The van der Waals surface area contributed by atoms with Gasteiger partial charge in [0.05, 0.1) is 17.8 Å². The Balaban J connectivity index is 1.47. The van der Waals surface area contributed by atoms with Crippen molar-refractivity contribution in [2.24, 2.45) is 11.8 Å². The molecule has 2 aliphatic carbocycles. The first kappa shape index (κ1) is 15.5. The molecule has 0 aromatic carbocycles. The molecule has 1 heterocycles. The number of aliphatic hydroxyl groups is 1. The van der Waals surface area contributed by atoms with Gasteiger partial charge in [0.15, 0.2) is 5.89 Å². The monoisotopic (exact) mass is 306 g/mol.